The summed E-state index contributed by atoms with van der Waals surface area (Å²) in [6.45, 7) is 9.57. The fourth-order valence-electron chi connectivity index (χ4n) is 4.93. The van der Waals surface area contributed by atoms with Gasteiger partial charge in [-0.15, -0.1) is 9.24 Å². The molecule has 1 saturated heterocycles. The number of nitrogens with one attached hydrogen (secondary N) is 4. The van der Waals surface area contributed by atoms with Crippen LogP contribution in [-0.4, -0.2) is 82.7 Å². The molecule has 1 heterocycles. The summed E-state index contributed by atoms with van der Waals surface area (Å²) in [7, 11) is 2.44. The van der Waals surface area contributed by atoms with E-state index in [-0.39, 0.29) is 55.4 Å². The van der Waals surface area contributed by atoms with Crippen LogP contribution in [0.25, 0.3) is 0 Å². The van der Waals surface area contributed by atoms with Crippen molar-refractivity contribution < 1.29 is 38.6 Å². The molecule has 0 radical (unpaired) electrons. The molecule has 0 saturated carbocycles. The Hall–Kier alpha value is -3.77. The number of rotatable bonds is 18. The van der Waals surface area contributed by atoms with E-state index in [4.69, 9.17) is 10.5 Å². The minimum Gasteiger partial charge on any atom is -0.460 e. The Kier molecular flexibility index (Phi) is 16.2. The van der Waals surface area contributed by atoms with Crippen molar-refractivity contribution in [3.63, 3.8) is 0 Å². The Labute approximate surface area is 285 Å². The van der Waals surface area contributed by atoms with Gasteiger partial charge in [-0.3, -0.25) is 24.0 Å². The molecule has 268 valence electrons. The molecule has 2 rings (SSSR count). The molecule has 1 aliphatic rings. The lowest BCUT2D eigenvalue weighted by Gasteiger charge is -2.25. The van der Waals surface area contributed by atoms with Crippen molar-refractivity contribution in [1.29, 1.82) is 0 Å². The topological polar surface area (TPSA) is 209 Å². The number of likely N-dealkylation sites (tertiary alicyclic amines) is 1. The van der Waals surface area contributed by atoms with E-state index in [1.54, 1.807) is 58.9 Å². The fraction of sp³-hybridized carbons (Fsp3) is 0.636. The lowest BCUT2D eigenvalue weighted by atomic mass is 9.97. The van der Waals surface area contributed by atoms with Gasteiger partial charge in [-0.1, -0.05) is 32.4 Å². The van der Waals surface area contributed by atoms with Gasteiger partial charge in [0.2, 0.25) is 23.6 Å². The molecule has 6 amide bonds. The number of benzene rings is 1. The summed E-state index contributed by atoms with van der Waals surface area (Å²) >= 11 is 0. The van der Waals surface area contributed by atoms with Gasteiger partial charge in [0.15, 0.2) is 0 Å². The van der Waals surface area contributed by atoms with E-state index < -0.39 is 41.6 Å². The molecule has 5 atom stereocenters. The molecule has 1 aliphatic heterocycles. The molecule has 48 heavy (non-hydrogen) atoms. The predicted octanol–water partition coefficient (Wildman–Crippen LogP) is 2.14. The van der Waals surface area contributed by atoms with Crippen LogP contribution in [-0.2, 0) is 35.3 Å². The van der Waals surface area contributed by atoms with Crippen LogP contribution in [0.4, 0.5) is 10.5 Å². The maximum Gasteiger partial charge on any atom is 0.312 e. The van der Waals surface area contributed by atoms with Crippen molar-refractivity contribution >= 4 is 50.6 Å². The number of unbranched alkanes of at least 4 members (excludes halogenated alkanes) is 2. The number of nitrogens with two attached hydrogens (primary N) is 1. The molecule has 14 nitrogen and oxygen atoms in total. The van der Waals surface area contributed by atoms with Crippen LogP contribution in [0.1, 0.15) is 85.1 Å². The number of carbonyl (C=O) groups is 6. The van der Waals surface area contributed by atoms with Crippen molar-refractivity contribution in [3.8, 4) is 0 Å². The predicted molar refractivity (Wildman–Crippen MR) is 184 cm³/mol. The maximum absolute atomic E-state index is 13.4. The maximum atomic E-state index is 13.4. The zero-order chi connectivity index (χ0) is 36.0. The first kappa shape index (κ1) is 40.4. The Bertz CT molecular complexity index is 1270. The fourth-order valence-corrected chi connectivity index (χ4v) is 5.36. The second-order valence-electron chi connectivity index (χ2n) is 13.5. The zero-order valence-electron chi connectivity index (χ0n) is 28.7. The molecule has 15 heteroatoms. The first-order chi connectivity index (χ1) is 22.5. The Morgan fingerprint density at radius 3 is 2.25 bits per heavy atom. The van der Waals surface area contributed by atoms with Gasteiger partial charge in [-0.2, -0.15) is 0 Å². The van der Waals surface area contributed by atoms with Crippen LogP contribution in [0.3, 0.4) is 0 Å². The number of esters is 1. The van der Waals surface area contributed by atoms with Crippen LogP contribution in [0.15, 0.2) is 24.3 Å². The molecule has 0 aromatic heterocycles. The number of ether oxygens (including phenoxy) is 1. The molecule has 4 unspecified atom stereocenters. The third kappa shape index (κ3) is 13.8. The average molecular weight is 693 g/mol. The lowest BCUT2D eigenvalue weighted by molar-refractivity contribution is -0.154. The minimum atomic E-state index is -0.984. The van der Waals surface area contributed by atoms with Gasteiger partial charge in [0, 0.05) is 31.6 Å². The Morgan fingerprint density at radius 2 is 1.69 bits per heavy atom. The average Bonchev–Trinajstić information content (AvgIpc) is 3.25. The van der Waals surface area contributed by atoms with E-state index >= 15 is 0 Å². The van der Waals surface area contributed by atoms with Crippen molar-refractivity contribution in [2.45, 2.75) is 110 Å². The standard InChI is InChI=1S/C33H53N6O8P/c1-20(2)27(38-25(40)11-7-6-8-17-39-26(41)18-24(48)30(39)44)29(43)37-23(10-9-16-35-32(34)46)28(42)36-22-14-12-21(13-15-22)19-47-31(45)33(3,4)5/h12-15,20,23-24,26-27,41H,6-11,16-19,48H2,1-5H3,(H,36,42)(H,37,43)(H,38,40)(H3,34,35,46)/t23?,24?,26?,27-/m0/s1. The molecular formula is C33H53N6O8P. The van der Waals surface area contributed by atoms with Crippen molar-refractivity contribution in [2.75, 3.05) is 18.4 Å². The molecule has 0 spiro atoms. The summed E-state index contributed by atoms with van der Waals surface area (Å²) in [5, 5.41) is 20.8. The normalized spacial score (nSPS) is 17.4. The van der Waals surface area contributed by atoms with Crippen molar-refractivity contribution in [3.05, 3.63) is 29.8 Å². The van der Waals surface area contributed by atoms with E-state index in [9.17, 15) is 33.9 Å². The number of aliphatic hydroxyl groups excluding tert-OH is 1. The number of anilines is 1. The van der Waals surface area contributed by atoms with Gasteiger partial charge in [-0.25, -0.2) is 4.79 Å². The van der Waals surface area contributed by atoms with Crippen molar-refractivity contribution in [2.24, 2.45) is 17.1 Å². The van der Waals surface area contributed by atoms with Crippen LogP contribution in [0, 0.1) is 11.3 Å². The third-order valence-corrected chi connectivity index (χ3v) is 8.36. The Morgan fingerprint density at radius 1 is 1.02 bits per heavy atom. The van der Waals surface area contributed by atoms with Gasteiger partial charge in [0.05, 0.1) is 11.1 Å². The highest BCUT2D eigenvalue weighted by molar-refractivity contribution is 7.19. The lowest BCUT2D eigenvalue weighted by Crippen LogP contribution is -2.54. The largest absolute Gasteiger partial charge is 0.460 e. The second-order valence-corrected chi connectivity index (χ2v) is 14.3. The molecule has 1 aromatic carbocycles. The van der Waals surface area contributed by atoms with E-state index in [0.29, 0.717) is 44.3 Å². The summed E-state index contributed by atoms with van der Waals surface area (Å²) in [6, 6.07) is 4.17. The number of amides is 6. The summed E-state index contributed by atoms with van der Waals surface area (Å²) in [5.41, 5.74) is 5.45. The number of hydrogen-bond acceptors (Lipinski definition) is 8. The summed E-state index contributed by atoms with van der Waals surface area (Å²) < 4.78 is 5.33. The first-order valence-electron chi connectivity index (χ1n) is 16.4. The van der Waals surface area contributed by atoms with E-state index in [2.05, 4.69) is 30.5 Å². The van der Waals surface area contributed by atoms with Crippen LogP contribution in [0.5, 0.6) is 0 Å². The van der Waals surface area contributed by atoms with Gasteiger partial charge < -0.3 is 41.7 Å². The smallest absolute Gasteiger partial charge is 0.312 e. The highest BCUT2D eigenvalue weighted by Gasteiger charge is 2.35. The van der Waals surface area contributed by atoms with Crippen LogP contribution in [0.2, 0.25) is 0 Å². The molecule has 0 aliphatic carbocycles. The molecule has 1 fully saturated rings. The molecule has 7 N–H and O–H groups in total. The quantitative estimate of drug-likeness (QED) is 0.0761. The van der Waals surface area contributed by atoms with Crippen molar-refractivity contribution in [1.82, 2.24) is 20.9 Å². The minimum absolute atomic E-state index is 0.0839. The second kappa shape index (κ2) is 19.3. The molecule has 1 aromatic rings. The van der Waals surface area contributed by atoms with Gasteiger partial charge in [0.1, 0.15) is 24.9 Å². The molecule has 0 bridgehead atoms. The number of nitrogens with zero attached hydrogens (tertiary/aromatic N) is 1. The monoisotopic (exact) mass is 692 g/mol. The van der Waals surface area contributed by atoms with Gasteiger partial charge in [0.25, 0.3) is 0 Å². The van der Waals surface area contributed by atoms with E-state index in [0.717, 1.165) is 5.56 Å². The number of hydrogen-bond donors (Lipinski definition) is 6. The Balaban J connectivity index is 1.95. The van der Waals surface area contributed by atoms with Gasteiger partial charge in [-0.05, 0) is 70.1 Å². The van der Waals surface area contributed by atoms with E-state index in [1.807, 2.05) is 0 Å². The number of aliphatic hydroxyl groups is 1. The SMILES string of the molecule is CC(C)[C@H](NC(=O)CCCCCN1C(=O)C(P)CC1O)C(=O)NC(CCCNC(N)=O)C(=O)Nc1ccc(COC(=O)C(C)(C)C)cc1. The summed E-state index contributed by atoms with van der Waals surface area (Å²) in [4.78, 5) is 76.2. The number of primary amides is 1. The number of carbonyl (C=O) groups excluding carboxylic acids is 6. The highest BCUT2D eigenvalue weighted by atomic mass is 31.0. The zero-order valence-corrected chi connectivity index (χ0v) is 29.8. The summed E-state index contributed by atoms with van der Waals surface area (Å²) in [6.07, 6.45) is 2.15. The van der Waals surface area contributed by atoms with Crippen LogP contribution >= 0.6 is 9.24 Å². The van der Waals surface area contributed by atoms with E-state index in [1.165, 1.54) is 4.90 Å². The third-order valence-electron chi connectivity index (χ3n) is 7.80. The highest BCUT2D eigenvalue weighted by Crippen LogP contribution is 2.24. The molecular weight excluding hydrogens is 639 g/mol. The summed E-state index contributed by atoms with van der Waals surface area (Å²) in [5.74, 6) is -2.03. The number of urea groups is 1. The first-order valence-corrected chi connectivity index (χ1v) is 17.1. The van der Waals surface area contributed by atoms with Crippen LogP contribution < -0.4 is 27.0 Å². The van der Waals surface area contributed by atoms with Gasteiger partial charge >= 0.3 is 12.0 Å².